The van der Waals surface area contributed by atoms with Crippen molar-refractivity contribution in [1.82, 2.24) is 0 Å². The molecule has 1 heterocycles. The molecule has 0 fully saturated rings. The maximum Gasteiger partial charge on any atom is 0.0383 e. The lowest BCUT2D eigenvalue weighted by Crippen LogP contribution is -1.81. The van der Waals surface area contributed by atoms with Crippen LogP contribution < -0.4 is 0 Å². The second-order valence-electron chi connectivity index (χ2n) is 4.76. The van der Waals surface area contributed by atoms with E-state index < -0.39 is 0 Å². The fourth-order valence-electron chi connectivity index (χ4n) is 2.42. The van der Waals surface area contributed by atoms with E-state index in [1.54, 1.807) is 0 Å². The molecule has 1 aromatic heterocycles. The first-order chi connectivity index (χ1) is 8.68. The highest BCUT2D eigenvalue weighted by Crippen LogP contribution is 2.38. The molecule has 1 heteroatoms. The van der Waals surface area contributed by atoms with Gasteiger partial charge in [0.25, 0.3) is 0 Å². The Balaban J connectivity index is 2.35. The molecule has 0 nitrogen and oxygen atoms in total. The number of aryl methyl sites for hydroxylation is 1. The van der Waals surface area contributed by atoms with E-state index >= 15 is 0 Å². The van der Waals surface area contributed by atoms with Crippen molar-refractivity contribution >= 4 is 22.1 Å². The molecule has 0 spiro atoms. The van der Waals surface area contributed by atoms with Gasteiger partial charge in [0.05, 0.1) is 0 Å². The predicted octanol–water partition coefficient (Wildman–Crippen LogP) is 5.49. The minimum atomic E-state index is 1.32. The number of rotatable bonds is 1. The van der Waals surface area contributed by atoms with Gasteiger partial charge < -0.3 is 0 Å². The van der Waals surface area contributed by atoms with Gasteiger partial charge in [0.1, 0.15) is 0 Å². The van der Waals surface area contributed by atoms with Crippen LogP contribution in [-0.4, -0.2) is 0 Å². The van der Waals surface area contributed by atoms with Crippen LogP contribution in [0.2, 0.25) is 0 Å². The summed E-state index contributed by atoms with van der Waals surface area (Å²) in [4.78, 5) is 2.84. The number of hydrogen-bond donors (Lipinski definition) is 0. The summed E-state index contributed by atoms with van der Waals surface area (Å²) in [5.41, 5.74) is 4.23. The summed E-state index contributed by atoms with van der Waals surface area (Å²) >= 11 is 1.91. The molecule has 0 aliphatic heterocycles. The van der Waals surface area contributed by atoms with Gasteiger partial charge in [-0.15, -0.1) is 11.3 Å². The first-order valence-electron chi connectivity index (χ1n) is 6.23. The van der Waals surface area contributed by atoms with Crippen LogP contribution in [0.5, 0.6) is 0 Å². The van der Waals surface area contributed by atoms with Gasteiger partial charge in [-0.2, -0.15) is 0 Å². The van der Waals surface area contributed by atoms with E-state index in [1.807, 2.05) is 11.3 Å². The monoisotopic (exact) mass is 252 g/mol. The number of thiophene rings is 1. The molecule has 2 aromatic carbocycles. The SMILES string of the molecule is Cc1sc(-c2cccc3ccccc23)c(C)c1C. The van der Waals surface area contributed by atoms with Crippen molar-refractivity contribution in [3.8, 4) is 10.4 Å². The number of fused-ring (bicyclic) bond motifs is 1. The van der Waals surface area contributed by atoms with Gasteiger partial charge in [0.2, 0.25) is 0 Å². The summed E-state index contributed by atoms with van der Waals surface area (Å²) in [6.45, 7) is 6.66. The van der Waals surface area contributed by atoms with Gasteiger partial charge in [-0.3, -0.25) is 0 Å². The van der Waals surface area contributed by atoms with Crippen LogP contribution in [0.1, 0.15) is 16.0 Å². The Morgan fingerprint density at radius 1 is 0.778 bits per heavy atom. The largest absolute Gasteiger partial charge is 0.140 e. The van der Waals surface area contributed by atoms with E-state index in [4.69, 9.17) is 0 Å². The zero-order chi connectivity index (χ0) is 12.7. The van der Waals surface area contributed by atoms with Crippen molar-refractivity contribution in [3.05, 3.63) is 58.5 Å². The Labute approximate surface area is 112 Å². The van der Waals surface area contributed by atoms with Crippen LogP contribution >= 0.6 is 11.3 Å². The van der Waals surface area contributed by atoms with Crippen molar-refractivity contribution < 1.29 is 0 Å². The summed E-state index contributed by atoms with van der Waals surface area (Å²) in [6.07, 6.45) is 0. The van der Waals surface area contributed by atoms with Crippen LogP contribution in [0.15, 0.2) is 42.5 Å². The molecule has 0 N–H and O–H groups in total. The second kappa shape index (κ2) is 4.25. The van der Waals surface area contributed by atoms with E-state index in [-0.39, 0.29) is 0 Å². The lowest BCUT2D eigenvalue weighted by Gasteiger charge is -2.06. The first kappa shape index (κ1) is 11.5. The molecule has 18 heavy (non-hydrogen) atoms. The Morgan fingerprint density at radius 3 is 2.22 bits per heavy atom. The van der Waals surface area contributed by atoms with Crippen molar-refractivity contribution in [1.29, 1.82) is 0 Å². The molecule has 0 aliphatic rings. The van der Waals surface area contributed by atoms with Crippen LogP contribution in [0, 0.1) is 20.8 Å². The topological polar surface area (TPSA) is 0 Å². The van der Waals surface area contributed by atoms with Crippen molar-refractivity contribution in [2.45, 2.75) is 20.8 Å². The summed E-state index contributed by atoms with van der Waals surface area (Å²) in [5, 5.41) is 2.67. The van der Waals surface area contributed by atoms with E-state index in [2.05, 4.69) is 63.2 Å². The Bertz CT molecular complexity index is 714. The van der Waals surface area contributed by atoms with Crippen LogP contribution in [0.3, 0.4) is 0 Å². The van der Waals surface area contributed by atoms with E-state index in [0.717, 1.165) is 0 Å². The fraction of sp³-hybridized carbons (Fsp3) is 0.176. The average Bonchev–Trinajstić information content (AvgIpc) is 2.66. The fourth-order valence-corrected chi connectivity index (χ4v) is 3.63. The Morgan fingerprint density at radius 2 is 1.50 bits per heavy atom. The molecule has 0 bridgehead atoms. The van der Waals surface area contributed by atoms with E-state index in [9.17, 15) is 0 Å². The molecule has 0 saturated carbocycles. The van der Waals surface area contributed by atoms with Gasteiger partial charge >= 0.3 is 0 Å². The molecule has 3 aromatic rings. The summed E-state index contributed by atoms with van der Waals surface area (Å²) < 4.78 is 0. The van der Waals surface area contributed by atoms with Crippen LogP contribution in [0.25, 0.3) is 21.2 Å². The number of benzene rings is 2. The summed E-state index contributed by atoms with van der Waals surface area (Å²) in [6, 6.07) is 15.2. The minimum Gasteiger partial charge on any atom is -0.140 e. The maximum atomic E-state index is 2.24. The number of hydrogen-bond acceptors (Lipinski definition) is 1. The van der Waals surface area contributed by atoms with E-state index in [1.165, 1.54) is 37.2 Å². The normalized spacial score (nSPS) is 11.1. The zero-order valence-corrected chi connectivity index (χ0v) is 11.8. The quantitative estimate of drug-likeness (QED) is 0.537. The van der Waals surface area contributed by atoms with Crippen LogP contribution in [-0.2, 0) is 0 Å². The summed E-state index contributed by atoms with van der Waals surface area (Å²) in [5.74, 6) is 0. The smallest absolute Gasteiger partial charge is 0.0383 e. The average molecular weight is 252 g/mol. The van der Waals surface area contributed by atoms with Gasteiger partial charge in [-0.05, 0) is 48.2 Å². The predicted molar refractivity (Wildman–Crippen MR) is 81.5 cm³/mol. The molecule has 3 rings (SSSR count). The van der Waals surface area contributed by atoms with Gasteiger partial charge in [-0.1, -0.05) is 42.5 Å². The molecule has 0 amide bonds. The van der Waals surface area contributed by atoms with Gasteiger partial charge in [0, 0.05) is 9.75 Å². The third-order valence-corrected chi connectivity index (χ3v) is 5.06. The molecule has 0 aliphatic carbocycles. The molecule has 0 unspecified atom stereocenters. The van der Waals surface area contributed by atoms with Crippen molar-refractivity contribution in [2.75, 3.05) is 0 Å². The van der Waals surface area contributed by atoms with Crippen molar-refractivity contribution in [2.24, 2.45) is 0 Å². The molecule has 0 atom stereocenters. The highest BCUT2D eigenvalue weighted by atomic mass is 32.1. The highest BCUT2D eigenvalue weighted by molar-refractivity contribution is 7.16. The Kier molecular flexibility index (Phi) is 2.71. The van der Waals surface area contributed by atoms with Crippen molar-refractivity contribution in [3.63, 3.8) is 0 Å². The standard InChI is InChI=1S/C17H16S/c1-11-12(2)17(18-13(11)3)16-10-6-8-14-7-4-5-9-15(14)16/h4-10H,1-3H3. The zero-order valence-electron chi connectivity index (χ0n) is 10.9. The lowest BCUT2D eigenvalue weighted by molar-refractivity contribution is 1.35. The molecule has 90 valence electrons. The molecular weight excluding hydrogens is 236 g/mol. The summed E-state index contributed by atoms with van der Waals surface area (Å²) in [7, 11) is 0. The van der Waals surface area contributed by atoms with Gasteiger partial charge in [0.15, 0.2) is 0 Å². The second-order valence-corrected chi connectivity index (χ2v) is 5.99. The lowest BCUT2D eigenvalue weighted by atomic mass is 10.0. The third-order valence-electron chi connectivity index (χ3n) is 3.72. The van der Waals surface area contributed by atoms with Crippen LogP contribution in [0.4, 0.5) is 0 Å². The molecular formula is C17H16S. The minimum absolute atomic E-state index is 1.32. The van der Waals surface area contributed by atoms with Gasteiger partial charge in [-0.25, -0.2) is 0 Å². The highest BCUT2D eigenvalue weighted by Gasteiger charge is 2.12. The molecule has 0 saturated heterocycles. The third kappa shape index (κ3) is 1.67. The first-order valence-corrected chi connectivity index (χ1v) is 7.05. The maximum absolute atomic E-state index is 2.24. The Hall–Kier alpha value is -1.60. The molecule has 0 radical (unpaired) electrons. The van der Waals surface area contributed by atoms with E-state index in [0.29, 0.717) is 0 Å².